The van der Waals surface area contributed by atoms with E-state index in [0.717, 1.165) is 6.04 Å². The van der Waals surface area contributed by atoms with Crippen molar-refractivity contribution < 1.29 is 14.0 Å². The van der Waals surface area contributed by atoms with E-state index in [2.05, 4.69) is 36.8 Å². The van der Waals surface area contributed by atoms with Gasteiger partial charge in [0.05, 0.1) is 25.0 Å². The summed E-state index contributed by atoms with van der Waals surface area (Å²) in [6, 6.07) is 15.3. The molecule has 1 aliphatic rings. The molecule has 2 atom stereocenters. The fraction of sp³-hybridized carbons (Fsp3) is 0.481. The van der Waals surface area contributed by atoms with Crippen molar-refractivity contribution in [3.05, 3.63) is 48.5 Å². The average molecular weight is 527 g/mol. The lowest BCUT2D eigenvalue weighted by atomic mass is 9.71. The molecule has 6 N–H and O–H groups in total. The Morgan fingerprint density at radius 1 is 0.833 bits per heavy atom. The molecule has 2 aromatic rings. The van der Waals surface area contributed by atoms with Crippen molar-refractivity contribution >= 4 is 50.0 Å². The van der Waals surface area contributed by atoms with Gasteiger partial charge in [-0.2, -0.15) is 0 Å². The average Bonchev–Trinajstić information content (AvgIpc) is 2.80. The highest BCUT2D eigenvalue weighted by atomic mass is 29.3. The van der Waals surface area contributed by atoms with Gasteiger partial charge in [-0.1, -0.05) is 33.0 Å². The lowest BCUT2D eigenvalue weighted by Crippen LogP contribution is -2.70. The zero-order valence-electron chi connectivity index (χ0n) is 22.5. The summed E-state index contributed by atoms with van der Waals surface area (Å²) in [6.45, 7) is 13.3. The lowest BCUT2D eigenvalue weighted by Gasteiger charge is -2.56. The zero-order chi connectivity index (χ0) is 26.7. The Labute approximate surface area is 217 Å². The van der Waals surface area contributed by atoms with Gasteiger partial charge < -0.3 is 26.5 Å². The molecule has 2 amide bonds. The molecule has 0 bridgehead atoms. The van der Waals surface area contributed by atoms with Gasteiger partial charge in [-0.25, -0.2) is 0 Å². The topological polar surface area (TPSA) is 119 Å². The summed E-state index contributed by atoms with van der Waals surface area (Å²) in [5, 5.41) is 6.14. The normalized spacial score (nSPS) is 22.3. The number of carbonyl (C=O) groups is 2. The lowest BCUT2D eigenvalue weighted by molar-refractivity contribution is -0.142. The van der Waals surface area contributed by atoms with Crippen LogP contribution in [-0.4, -0.2) is 32.8 Å². The second kappa shape index (κ2) is 10.8. The van der Waals surface area contributed by atoms with E-state index in [1.807, 2.05) is 13.8 Å². The number of nitrogens with one attached hydrogen (secondary N) is 2. The Hall–Kier alpha value is -2.63. The van der Waals surface area contributed by atoms with Crippen LogP contribution in [0.1, 0.15) is 33.1 Å². The van der Waals surface area contributed by atoms with Crippen LogP contribution in [0.15, 0.2) is 48.5 Å². The second-order valence-corrected chi connectivity index (χ2v) is 26.3. The number of anilines is 4. The van der Waals surface area contributed by atoms with E-state index in [0.29, 0.717) is 42.0 Å². The molecule has 0 aromatic heterocycles. The molecule has 1 saturated heterocycles. The van der Waals surface area contributed by atoms with Crippen LogP contribution in [0.2, 0.25) is 32.2 Å². The van der Waals surface area contributed by atoms with Crippen molar-refractivity contribution in [3.8, 4) is 0 Å². The van der Waals surface area contributed by atoms with E-state index in [4.69, 9.17) is 15.9 Å². The van der Waals surface area contributed by atoms with Crippen LogP contribution in [-0.2, 0) is 14.0 Å². The van der Waals surface area contributed by atoms with Gasteiger partial charge in [0.2, 0.25) is 11.8 Å². The SMILES string of the molecule is CCC(C(=O)Nc1ccc(N)cc1)C1(C(CC)C(=O)Nc2ccc(N)cc2)CC[Si](C)(C)[Si](C)(C)O1. The molecule has 0 aliphatic carbocycles. The Balaban J connectivity index is 2.01. The maximum absolute atomic E-state index is 13.8. The highest BCUT2D eigenvalue weighted by molar-refractivity contribution is 7.38. The van der Waals surface area contributed by atoms with Crippen molar-refractivity contribution in [1.29, 1.82) is 0 Å². The predicted molar refractivity (Wildman–Crippen MR) is 155 cm³/mol. The van der Waals surface area contributed by atoms with Crippen molar-refractivity contribution in [2.24, 2.45) is 11.8 Å². The number of rotatable bonds is 8. The van der Waals surface area contributed by atoms with Gasteiger partial charge in [0, 0.05) is 22.7 Å². The minimum absolute atomic E-state index is 0.118. The number of benzene rings is 2. The molecule has 3 rings (SSSR count). The first-order chi connectivity index (χ1) is 16.8. The van der Waals surface area contributed by atoms with Gasteiger partial charge in [-0.05, 0) is 80.9 Å². The number of carbonyl (C=O) groups excluding carboxylic acids is 2. The van der Waals surface area contributed by atoms with Gasteiger partial charge in [-0.3, -0.25) is 9.59 Å². The number of amides is 2. The molecular weight excluding hydrogens is 484 g/mol. The Morgan fingerprint density at radius 2 is 1.22 bits per heavy atom. The van der Waals surface area contributed by atoms with Crippen LogP contribution >= 0.6 is 0 Å². The minimum Gasteiger partial charge on any atom is -0.413 e. The Bertz CT molecular complexity index is 1000. The van der Waals surface area contributed by atoms with E-state index in [1.165, 1.54) is 0 Å². The zero-order valence-corrected chi connectivity index (χ0v) is 24.5. The van der Waals surface area contributed by atoms with Crippen molar-refractivity contribution in [3.63, 3.8) is 0 Å². The van der Waals surface area contributed by atoms with Crippen LogP contribution in [0.4, 0.5) is 22.7 Å². The van der Waals surface area contributed by atoms with Gasteiger partial charge in [-0.15, -0.1) is 0 Å². The van der Waals surface area contributed by atoms with Crippen LogP contribution in [0.5, 0.6) is 0 Å². The van der Waals surface area contributed by atoms with Crippen molar-refractivity contribution in [2.75, 3.05) is 22.1 Å². The summed E-state index contributed by atoms with van der Waals surface area (Å²) in [7, 11) is -3.79. The minimum atomic E-state index is -2.16. The first-order valence-electron chi connectivity index (χ1n) is 12.9. The molecule has 2 unspecified atom stereocenters. The summed E-state index contributed by atoms with van der Waals surface area (Å²) in [5.41, 5.74) is 13.4. The molecule has 9 heteroatoms. The van der Waals surface area contributed by atoms with Crippen molar-refractivity contribution in [1.82, 2.24) is 0 Å². The molecular formula is C27H42N4O3Si2. The standard InChI is InChI=1S/C27H42N4O3Si2/c1-7-23(25(32)30-21-13-9-19(28)10-14-21)27(17-18-35(3,4)36(5,6)34-27)24(8-2)26(33)31-22-15-11-20(29)12-16-22/h9-16,23-24H,7-8,17-18,28-29H2,1-6H3,(H,30,32)(H,31,33). The van der Waals surface area contributed by atoms with Crippen LogP contribution < -0.4 is 22.1 Å². The predicted octanol–water partition coefficient (Wildman–Crippen LogP) is 5.63. The largest absolute Gasteiger partial charge is 0.413 e. The van der Waals surface area contributed by atoms with Crippen LogP contribution in [0.25, 0.3) is 0 Å². The third-order valence-corrected chi connectivity index (χ3v) is 24.7. The van der Waals surface area contributed by atoms with Gasteiger partial charge >= 0.3 is 0 Å². The first-order valence-corrected chi connectivity index (χ1v) is 20.0. The molecule has 0 spiro atoms. The molecule has 1 fully saturated rings. The van der Waals surface area contributed by atoms with E-state index in [9.17, 15) is 9.59 Å². The summed E-state index contributed by atoms with van der Waals surface area (Å²) in [4.78, 5) is 27.6. The molecule has 1 aliphatic heterocycles. The fourth-order valence-corrected chi connectivity index (χ4v) is 12.1. The quantitative estimate of drug-likeness (QED) is 0.262. The molecule has 2 aromatic carbocycles. The first kappa shape index (κ1) is 28.0. The molecule has 7 nitrogen and oxygen atoms in total. The maximum Gasteiger partial charge on any atom is 0.230 e. The number of nitrogen functional groups attached to an aromatic ring is 2. The summed E-state index contributed by atoms with van der Waals surface area (Å²) in [6.07, 6.45) is 1.84. The summed E-state index contributed by atoms with van der Waals surface area (Å²) in [5.74, 6) is -1.19. The van der Waals surface area contributed by atoms with Crippen LogP contribution in [0, 0.1) is 11.8 Å². The molecule has 196 valence electrons. The second-order valence-electron chi connectivity index (χ2n) is 11.1. The number of hydrogen-bond donors (Lipinski definition) is 4. The molecule has 0 saturated carbocycles. The Morgan fingerprint density at radius 3 is 1.56 bits per heavy atom. The van der Waals surface area contributed by atoms with Crippen LogP contribution in [0.3, 0.4) is 0 Å². The van der Waals surface area contributed by atoms with Gasteiger partial charge in [0.15, 0.2) is 7.83 Å². The van der Waals surface area contributed by atoms with E-state index < -0.39 is 32.9 Å². The van der Waals surface area contributed by atoms with E-state index in [-0.39, 0.29) is 11.8 Å². The highest BCUT2D eigenvalue weighted by Crippen LogP contribution is 2.49. The molecule has 36 heavy (non-hydrogen) atoms. The van der Waals surface area contributed by atoms with E-state index >= 15 is 0 Å². The summed E-state index contributed by atoms with van der Waals surface area (Å²) < 4.78 is 7.18. The molecule has 1 heterocycles. The fourth-order valence-electron chi connectivity index (χ4n) is 5.30. The molecule has 0 radical (unpaired) electrons. The van der Waals surface area contributed by atoms with Gasteiger partial charge in [0.25, 0.3) is 0 Å². The van der Waals surface area contributed by atoms with Gasteiger partial charge in [0.1, 0.15) is 0 Å². The highest BCUT2D eigenvalue weighted by Gasteiger charge is 2.60. The summed E-state index contributed by atoms with van der Waals surface area (Å²) >= 11 is 0. The maximum atomic E-state index is 13.8. The third kappa shape index (κ3) is 5.68. The smallest absolute Gasteiger partial charge is 0.230 e. The monoisotopic (exact) mass is 526 g/mol. The third-order valence-electron chi connectivity index (χ3n) is 8.20. The Kier molecular flexibility index (Phi) is 8.37. The van der Waals surface area contributed by atoms with Crippen molar-refractivity contribution in [2.45, 2.75) is 70.9 Å². The number of hydrogen-bond acceptors (Lipinski definition) is 5. The number of nitrogens with two attached hydrogens (primary N) is 2. The van der Waals surface area contributed by atoms with E-state index in [1.54, 1.807) is 48.5 Å².